The van der Waals surface area contributed by atoms with Gasteiger partial charge in [-0.25, -0.2) is 9.18 Å². The van der Waals surface area contributed by atoms with E-state index in [0.29, 0.717) is 16.6 Å². The molecule has 1 fully saturated rings. The molecule has 1 heterocycles. The van der Waals surface area contributed by atoms with E-state index in [-0.39, 0.29) is 10.9 Å². The summed E-state index contributed by atoms with van der Waals surface area (Å²) in [4.78, 5) is 25.1. The van der Waals surface area contributed by atoms with Crippen LogP contribution in [0.1, 0.15) is 23.7 Å². The van der Waals surface area contributed by atoms with Crippen LogP contribution in [-0.4, -0.2) is 39.1 Å². The Morgan fingerprint density at radius 3 is 2.80 bits per heavy atom. The van der Waals surface area contributed by atoms with Gasteiger partial charge in [-0.15, -0.1) is 11.8 Å². The van der Waals surface area contributed by atoms with Crippen LogP contribution in [0.4, 0.5) is 4.39 Å². The minimum atomic E-state index is -1.06. The first-order valence-electron chi connectivity index (χ1n) is 6.08. The number of amides is 1. The van der Waals surface area contributed by atoms with Crippen LogP contribution in [0.3, 0.4) is 0 Å². The topological polar surface area (TPSA) is 57.6 Å². The molecule has 1 N–H and O–H groups in total. The molecular formula is C13H13BrFNO3S. The van der Waals surface area contributed by atoms with Gasteiger partial charge in [-0.2, -0.15) is 0 Å². The van der Waals surface area contributed by atoms with Gasteiger partial charge in [-0.3, -0.25) is 4.79 Å². The van der Waals surface area contributed by atoms with E-state index in [0.717, 1.165) is 0 Å². The lowest BCUT2D eigenvalue weighted by atomic mass is 10.1. The van der Waals surface area contributed by atoms with Crippen LogP contribution in [-0.2, 0) is 4.79 Å². The van der Waals surface area contributed by atoms with Crippen molar-refractivity contribution in [3.63, 3.8) is 0 Å². The highest BCUT2D eigenvalue weighted by Gasteiger charge is 2.42. The lowest BCUT2D eigenvalue weighted by Crippen LogP contribution is -2.45. The molecule has 0 bridgehead atoms. The number of nitrogens with zero attached hydrogens (tertiary/aromatic N) is 1. The van der Waals surface area contributed by atoms with E-state index in [1.165, 1.54) is 28.8 Å². The van der Waals surface area contributed by atoms with Gasteiger partial charge < -0.3 is 10.0 Å². The smallest absolute Gasteiger partial charge is 0.327 e. The zero-order valence-electron chi connectivity index (χ0n) is 10.7. The highest BCUT2D eigenvalue weighted by molar-refractivity contribution is 9.10. The van der Waals surface area contributed by atoms with Gasteiger partial charge in [0.2, 0.25) is 0 Å². The molecule has 0 aliphatic carbocycles. The summed E-state index contributed by atoms with van der Waals surface area (Å²) in [5, 5.41) is 8.98. The molecule has 2 unspecified atom stereocenters. The van der Waals surface area contributed by atoms with Gasteiger partial charge in [0.15, 0.2) is 0 Å². The predicted molar refractivity (Wildman–Crippen MR) is 78.2 cm³/mol. The van der Waals surface area contributed by atoms with E-state index in [1.807, 2.05) is 6.92 Å². The summed E-state index contributed by atoms with van der Waals surface area (Å²) in [6, 6.07) is 3.33. The average Bonchev–Trinajstić information content (AvgIpc) is 2.82. The van der Waals surface area contributed by atoms with E-state index in [4.69, 9.17) is 0 Å². The van der Waals surface area contributed by atoms with Crippen LogP contribution in [0.5, 0.6) is 0 Å². The van der Waals surface area contributed by atoms with E-state index in [9.17, 15) is 19.1 Å². The molecule has 108 valence electrons. The van der Waals surface area contributed by atoms with E-state index < -0.39 is 23.7 Å². The molecule has 2 rings (SSSR count). The molecule has 4 nitrogen and oxygen atoms in total. The van der Waals surface area contributed by atoms with Crippen molar-refractivity contribution in [2.24, 2.45) is 0 Å². The SMILES string of the molecule is CCC1SCC(C(=O)O)N1C(=O)c1c(F)cccc1Br. The summed E-state index contributed by atoms with van der Waals surface area (Å²) in [6.45, 7) is 1.87. The van der Waals surface area contributed by atoms with Crippen LogP contribution < -0.4 is 0 Å². The maximum Gasteiger partial charge on any atom is 0.327 e. The van der Waals surface area contributed by atoms with E-state index >= 15 is 0 Å². The zero-order chi connectivity index (χ0) is 14.9. The van der Waals surface area contributed by atoms with Gasteiger partial charge in [-0.05, 0) is 34.5 Å². The third-order valence-corrected chi connectivity index (χ3v) is 5.25. The van der Waals surface area contributed by atoms with Crippen molar-refractivity contribution in [3.05, 3.63) is 34.1 Å². The van der Waals surface area contributed by atoms with Crippen molar-refractivity contribution in [2.45, 2.75) is 24.8 Å². The second kappa shape index (κ2) is 6.13. The number of carboxylic acid groups (broad SMARTS) is 1. The van der Waals surface area contributed by atoms with Gasteiger partial charge in [-0.1, -0.05) is 13.0 Å². The molecule has 1 aromatic rings. The number of carbonyl (C=O) groups is 2. The lowest BCUT2D eigenvalue weighted by molar-refractivity contribution is -0.141. The molecule has 7 heteroatoms. The summed E-state index contributed by atoms with van der Waals surface area (Å²) in [6.07, 6.45) is 0.617. The normalized spacial score (nSPS) is 22.1. The number of carbonyl (C=O) groups excluding carboxylic acids is 1. The maximum atomic E-state index is 13.9. The Bertz CT molecular complexity index is 534. The number of benzene rings is 1. The van der Waals surface area contributed by atoms with Crippen molar-refractivity contribution >= 4 is 39.6 Å². The summed E-state index contributed by atoms with van der Waals surface area (Å²) < 4.78 is 14.2. The molecule has 0 radical (unpaired) electrons. The minimum absolute atomic E-state index is 0.111. The molecule has 1 aliphatic heterocycles. The first-order valence-corrected chi connectivity index (χ1v) is 7.92. The molecule has 1 aliphatic rings. The standard InChI is InChI=1S/C13H13BrFNO3S/c1-2-10-16(9(6-20-10)13(18)19)12(17)11-7(14)4-3-5-8(11)15/h3-5,9-10H,2,6H2,1H3,(H,18,19). The van der Waals surface area contributed by atoms with Crippen LogP contribution in [0, 0.1) is 5.82 Å². The molecule has 0 spiro atoms. The molecule has 0 saturated carbocycles. The quantitative estimate of drug-likeness (QED) is 0.898. The molecule has 20 heavy (non-hydrogen) atoms. The molecule has 1 aromatic carbocycles. The Morgan fingerprint density at radius 1 is 1.55 bits per heavy atom. The number of halogens is 2. The number of rotatable bonds is 3. The number of thioether (sulfide) groups is 1. The second-order valence-electron chi connectivity index (χ2n) is 4.36. The Labute approximate surface area is 128 Å². The van der Waals surface area contributed by atoms with Crippen molar-refractivity contribution < 1.29 is 19.1 Å². The molecule has 1 saturated heterocycles. The molecule has 1 amide bonds. The highest BCUT2D eigenvalue weighted by atomic mass is 79.9. The van der Waals surface area contributed by atoms with Crippen molar-refractivity contribution in [3.8, 4) is 0 Å². The van der Waals surface area contributed by atoms with Crippen LogP contribution in [0.25, 0.3) is 0 Å². The summed E-state index contributed by atoms with van der Waals surface area (Å²) in [5.74, 6) is -1.97. The average molecular weight is 362 g/mol. The van der Waals surface area contributed by atoms with Crippen molar-refractivity contribution in [1.29, 1.82) is 0 Å². The van der Waals surface area contributed by atoms with E-state index in [2.05, 4.69) is 15.9 Å². The van der Waals surface area contributed by atoms with Crippen LogP contribution in [0.15, 0.2) is 22.7 Å². The Balaban J connectivity index is 2.41. The number of aliphatic carboxylic acids is 1. The monoisotopic (exact) mass is 361 g/mol. The number of hydrogen-bond acceptors (Lipinski definition) is 3. The number of hydrogen-bond donors (Lipinski definition) is 1. The second-order valence-corrected chi connectivity index (χ2v) is 6.42. The third kappa shape index (κ3) is 2.69. The fourth-order valence-corrected chi connectivity index (χ4v) is 4.03. The zero-order valence-corrected chi connectivity index (χ0v) is 13.1. The molecular weight excluding hydrogens is 349 g/mol. The third-order valence-electron chi connectivity index (χ3n) is 3.14. The number of carboxylic acids is 1. The highest BCUT2D eigenvalue weighted by Crippen LogP contribution is 2.34. The van der Waals surface area contributed by atoms with Crippen molar-refractivity contribution in [1.82, 2.24) is 4.90 Å². The van der Waals surface area contributed by atoms with Gasteiger partial charge in [0.05, 0.1) is 10.9 Å². The maximum absolute atomic E-state index is 13.9. The first-order chi connectivity index (χ1) is 9.47. The predicted octanol–water partition coefficient (Wildman–Crippen LogP) is 2.97. The lowest BCUT2D eigenvalue weighted by Gasteiger charge is -2.27. The van der Waals surface area contributed by atoms with Gasteiger partial charge in [0, 0.05) is 10.2 Å². The van der Waals surface area contributed by atoms with E-state index in [1.54, 1.807) is 6.07 Å². The fraction of sp³-hybridized carbons (Fsp3) is 0.385. The Morgan fingerprint density at radius 2 is 2.25 bits per heavy atom. The van der Waals surface area contributed by atoms with Gasteiger partial charge in [0.1, 0.15) is 11.9 Å². The Kier molecular flexibility index (Phi) is 4.70. The first kappa shape index (κ1) is 15.3. The van der Waals surface area contributed by atoms with Crippen LogP contribution in [0.2, 0.25) is 0 Å². The summed E-state index contributed by atoms with van der Waals surface area (Å²) in [7, 11) is 0. The van der Waals surface area contributed by atoms with Crippen molar-refractivity contribution in [2.75, 3.05) is 5.75 Å². The largest absolute Gasteiger partial charge is 0.480 e. The molecule has 0 aromatic heterocycles. The minimum Gasteiger partial charge on any atom is -0.480 e. The van der Waals surface area contributed by atoms with Crippen LogP contribution >= 0.6 is 27.7 Å². The fourth-order valence-electron chi connectivity index (χ4n) is 2.17. The summed E-state index contributed by atoms with van der Waals surface area (Å²) >= 11 is 4.56. The Hall–Kier alpha value is -1.08. The summed E-state index contributed by atoms with van der Waals surface area (Å²) in [5.41, 5.74) is -0.111. The van der Waals surface area contributed by atoms with Gasteiger partial charge >= 0.3 is 5.97 Å². The molecule has 2 atom stereocenters. The van der Waals surface area contributed by atoms with Gasteiger partial charge in [0.25, 0.3) is 5.91 Å².